The maximum atomic E-state index is 12.3. The molecule has 1 aliphatic rings. The van der Waals surface area contributed by atoms with Gasteiger partial charge in [0.15, 0.2) is 6.10 Å². The van der Waals surface area contributed by atoms with Crippen molar-refractivity contribution in [2.45, 2.75) is 32.4 Å². The highest BCUT2D eigenvalue weighted by atomic mass is 16.5. The van der Waals surface area contributed by atoms with Gasteiger partial charge in [-0.2, -0.15) is 0 Å². The molecule has 2 atom stereocenters. The Morgan fingerprint density at radius 1 is 1.45 bits per heavy atom. The summed E-state index contributed by atoms with van der Waals surface area (Å²) in [5, 5.41) is 11.3. The minimum absolute atomic E-state index is 0.0246. The van der Waals surface area contributed by atoms with Gasteiger partial charge in [-0.05, 0) is 12.3 Å². The van der Waals surface area contributed by atoms with Crippen LogP contribution >= 0.6 is 0 Å². The van der Waals surface area contributed by atoms with Crippen molar-refractivity contribution in [2.75, 3.05) is 19.7 Å². The molecule has 0 radical (unpaired) electrons. The zero-order valence-corrected chi connectivity index (χ0v) is 11.7. The van der Waals surface area contributed by atoms with E-state index in [1.807, 2.05) is 13.8 Å². The number of primary amides is 1. The molecule has 2 unspecified atom stereocenters. The van der Waals surface area contributed by atoms with E-state index in [0.29, 0.717) is 13.0 Å². The second-order valence-electron chi connectivity index (χ2n) is 5.17. The van der Waals surface area contributed by atoms with Crippen LogP contribution in [-0.2, 0) is 14.3 Å². The van der Waals surface area contributed by atoms with Crippen molar-refractivity contribution in [3.63, 3.8) is 0 Å². The Bertz CT molecular complexity index is 385. The Morgan fingerprint density at radius 3 is 2.60 bits per heavy atom. The lowest BCUT2D eigenvalue weighted by atomic mass is 10.0. The molecular weight excluding hydrogens is 266 g/mol. The molecule has 1 saturated heterocycles. The van der Waals surface area contributed by atoms with Gasteiger partial charge in [0.05, 0.1) is 13.2 Å². The van der Waals surface area contributed by atoms with Gasteiger partial charge in [-0.3, -0.25) is 4.79 Å². The van der Waals surface area contributed by atoms with Crippen molar-refractivity contribution in [1.29, 1.82) is 0 Å². The lowest BCUT2D eigenvalue weighted by Gasteiger charge is -2.33. The van der Waals surface area contributed by atoms with Crippen LogP contribution in [-0.4, -0.2) is 59.8 Å². The first-order valence-corrected chi connectivity index (χ1v) is 6.50. The SMILES string of the molecule is CC(C)CC(NC(N)=O)C(=O)N1CCOC(C(=O)O)C1. The summed E-state index contributed by atoms with van der Waals surface area (Å²) in [6, 6.07) is -1.51. The highest BCUT2D eigenvalue weighted by Crippen LogP contribution is 2.12. The number of nitrogens with two attached hydrogens (primary N) is 1. The summed E-state index contributed by atoms with van der Waals surface area (Å²) in [6.07, 6.45) is -0.586. The number of morpholine rings is 1. The van der Waals surface area contributed by atoms with E-state index < -0.39 is 24.1 Å². The Kier molecular flexibility index (Phi) is 5.75. The summed E-state index contributed by atoms with van der Waals surface area (Å²) in [7, 11) is 0. The molecule has 20 heavy (non-hydrogen) atoms. The molecule has 1 aliphatic heterocycles. The third-order valence-corrected chi connectivity index (χ3v) is 2.98. The van der Waals surface area contributed by atoms with Crippen LogP contribution in [0.4, 0.5) is 4.79 Å². The first-order valence-electron chi connectivity index (χ1n) is 6.50. The van der Waals surface area contributed by atoms with Crippen LogP contribution < -0.4 is 11.1 Å². The number of carboxylic acids is 1. The minimum Gasteiger partial charge on any atom is -0.479 e. The molecule has 0 aromatic heterocycles. The normalized spacial score (nSPS) is 20.6. The summed E-state index contributed by atoms with van der Waals surface area (Å²) in [4.78, 5) is 35.6. The number of nitrogens with zero attached hydrogens (tertiary/aromatic N) is 1. The minimum atomic E-state index is -1.11. The summed E-state index contributed by atoms with van der Waals surface area (Å²) in [5.74, 6) is -1.25. The summed E-state index contributed by atoms with van der Waals surface area (Å²) in [5.41, 5.74) is 5.07. The standard InChI is InChI=1S/C12H21N3O5/c1-7(2)5-8(14-12(13)19)10(16)15-3-4-20-9(6-15)11(17)18/h7-9H,3-6H2,1-2H3,(H,17,18)(H3,13,14,19). The van der Waals surface area contributed by atoms with Crippen LogP contribution in [0.25, 0.3) is 0 Å². The number of hydrogen-bond acceptors (Lipinski definition) is 4. The van der Waals surface area contributed by atoms with Crippen molar-refractivity contribution in [2.24, 2.45) is 11.7 Å². The molecule has 1 fully saturated rings. The number of hydrogen-bond donors (Lipinski definition) is 3. The van der Waals surface area contributed by atoms with Gasteiger partial charge >= 0.3 is 12.0 Å². The number of ether oxygens (including phenoxy) is 1. The Balaban J connectivity index is 2.72. The number of carboxylic acid groups (broad SMARTS) is 1. The number of nitrogens with one attached hydrogen (secondary N) is 1. The van der Waals surface area contributed by atoms with Crippen molar-refractivity contribution in [3.05, 3.63) is 0 Å². The second kappa shape index (κ2) is 7.09. The summed E-state index contributed by atoms with van der Waals surface area (Å²) < 4.78 is 5.06. The molecule has 1 rings (SSSR count). The highest BCUT2D eigenvalue weighted by molar-refractivity contribution is 5.87. The Morgan fingerprint density at radius 2 is 2.10 bits per heavy atom. The van der Waals surface area contributed by atoms with E-state index in [0.717, 1.165) is 0 Å². The molecule has 3 amide bonds. The second-order valence-corrected chi connectivity index (χ2v) is 5.17. The van der Waals surface area contributed by atoms with Crippen LogP contribution in [0.2, 0.25) is 0 Å². The number of urea groups is 1. The van der Waals surface area contributed by atoms with Gasteiger partial charge in [-0.25, -0.2) is 9.59 Å². The first kappa shape index (κ1) is 16.2. The average Bonchev–Trinajstić information content (AvgIpc) is 2.36. The molecule has 0 bridgehead atoms. The van der Waals surface area contributed by atoms with E-state index in [4.69, 9.17) is 15.6 Å². The predicted molar refractivity (Wildman–Crippen MR) is 69.9 cm³/mol. The maximum absolute atomic E-state index is 12.3. The van der Waals surface area contributed by atoms with Crippen molar-refractivity contribution < 1.29 is 24.2 Å². The maximum Gasteiger partial charge on any atom is 0.334 e. The van der Waals surface area contributed by atoms with Gasteiger partial charge in [0, 0.05) is 6.54 Å². The van der Waals surface area contributed by atoms with Crippen LogP contribution in [0.15, 0.2) is 0 Å². The molecule has 8 nitrogen and oxygen atoms in total. The lowest BCUT2D eigenvalue weighted by molar-refractivity contribution is -0.160. The van der Waals surface area contributed by atoms with Crippen molar-refractivity contribution in [1.82, 2.24) is 10.2 Å². The topological polar surface area (TPSA) is 122 Å². The number of aliphatic carboxylic acids is 1. The molecule has 0 spiro atoms. The molecule has 114 valence electrons. The predicted octanol–water partition coefficient (Wildman–Crippen LogP) is -0.619. The van der Waals surface area contributed by atoms with Gasteiger partial charge in [0.2, 0.25) is 5.91 Å². The Hall–Kier alpha value is -1.83. The highest BCUT2D eigenvalue weighted by Gasteiger charge is 2.33. The van der Waals surface area contributed by atoms with Crippen LogP contribution in [0.5, 0.6) is 0 Å². The van der Waals surface area contributed by atoms with Crippen molar-refractivity contribution in [3.8, 4) is 0 Å². The van der Waals surface area contributed by atoms with Gasteiger partial charge in [-0.15, -0.1) is 0 Å². The van der Waals surface area contributed by atoms with Crippen molar-refractivity contribution >= 4 is 17.9 Å². The monoisotopic (exact) mass is 287 g/mol. The van der Waals surface area contributed by atoms with E-state index in [1.165, 1.54) is 4.90 Å². The summed E-state index contributed by atoms with van der Waals surface area (Å²) in [6.45, 7) is 4.28. The molecule has 1 heterocycles. The van der Waals surface area contributed by atoms with E-state index in [2.05, 4.69) is 5.32 Å². The van der Waals surface area contributed by atoms with Crippen LogP contribution in [0, 0.1) is 5.92 Å². The first-order chi connectivity index (χ1) is 9.31. The van der Waals surface area contributed by atoms with Gasteiger partial charge in [0.25, 0.3) is 0 Å². The van der Waals surface area contributed by atoms with E-state index in [9.17, 15) is 14.4 Å². The number of rotatable bonds is 5. The Labute approximate surface area is 117 Å². The third kappa shape index (κ3) is 4.69. The van der Waals surface area contributed by atoms with Crippen LogP contribution in [0.1, 0.15) is 20.3 Å². The molecule has 0 aliphatic carbocycles. The number of carbonyl (C=O) groups is 3. The molecular formula is C12H21N3O5. The van der Waals surface area contributed by atoms with Gasteiger partial charge in [-0.1, -0.05) is 13.8 Å². The molecule has 0 aromatic carbocycles. The zero-order chi connectivity index (χ0) is 15.3. The smallest absolute Gasteiger partial charge is 0.334 e. The quantitative estimate of drug-likeness (QED) is 0.622. The summed E-state index contributed by atoms with van der Waals surface area (Å²) >= 11 is 0. The molecule has 4 N–H and O–H groups in total. The molecule has 0 saturated carbocycles. The fraction of sp³-hybridized carbons (Fsp3) is 0.750. The van der Waals surface area contributed by atoms with Crippen LogP contribution in [0.3, 0.4) is 0 Å². The largest absolute Gasteiger partial charge is 0.479 e. The van der Waals surface area contributed by atoms with E-state index >= 15 is 0 Å². The van der Waals surface area contributed by atoms with E-state index in [-0.39, 0.29) is 25.0 Å². The molecule has 8 heteroatoms. The van der Waals surface area contributed by atoms with Gasteiger partial charge < -0.3 is 25.8 Å². The zero-order valence-electron chi connectivity index (χ0n) is 11.7. The third-order valence-electron chi connectivity index (χ3n) is 2.98. The lowest BCUT2D eigenvalue weighted by Crippen LogP contribution is -2.56. The average molecular weight is 287 g/mol. The number of amides is 3. The fourth-order valence-electron chi connectivity index (χ4n) is 2.08. The van der Waals surface area contributed by atoms with E-state index in [1.54, 1.807) is 0 Å². The number of carbonyl (C=O) groups excluding carboxylic acids is 2. The van der Waals surface area contributed by atoms with Gasteiger partial charge in [0.1, 0.15) is 6.04 Å². The fourth-order valence-corrected chi connectivity index (χ4v) is 2.08. The molecule has 0 aromatic rings.